The van der Waals surface area contributed by atoms with Gasteiger partial charge in [-0.1, -0.05) is 18.2 Å². The second-order valence-electron chi connectivity index (χ2n) is 10.3. The molecule has 2 aliphatic rings. The summed E-state index contributed by atoms with van der Waals surface area (Å²) >= 11 is 0. The molecule has 2 heterocycles. The molecule has 1 aliphatic carbocycles. The van der Waals surface area contributed by atoms with Crippen molar-refractivity contribution in [2.45, 2.75) is 43.7 Å². The number of likely N-dealkylation sites (N-methyl/N-ethyl adjacent to an activating group) is 1. The topological polar surface area (TPSA) is 55.7 Å². The highest BCUT2D eigenvalue weighted by Gasteiger charge is 2.42. The van der Waals surface area contributed by atoms with E-state index in [1.807, 2.05) is 24.1 Å². The Kier molecular flexibility index (Phi) is 6.53. The average Bonchev–Trinajstić information content (AvgIpc) is 2.86. The summed E-state index contributed by atoms with van der Waals surface area (Å²) in [5.74, 6) is 1.66. The Morgan fingerprint density at radius 1 is 1.06 bits per heavy atom. The SMILES string of the molecule is CN(C)c1ccccc1C1CCN(c2nc(C3(F)CCC3)nc3ccc(N(C)CCO)cc23)CC1. The van der Waals surface area contributed by atoms with Crippen molar-refractivity contribution in [2.24, 2.45) is 0 Å². The van der Waals surface area contributed by atoms with Gasteiger partial charge in [-0.3, -0.25) is 0 Å². The molecule has 6 nitrogen and oxygen atoms in total. The van der Waals surface area contributed by atoms with Crippen molar-refractivity contribution in [1.29, 1.82) is 0 Å². The van der Waals surface area contributed by atoms with Gasteiger partial charge in [0.15, 0.2) is 11.5 Å². The minimum atomic E-state index is -1.40. The predicted octanol–water partition coefficient (Wildman–Crippen LogP) is 4.86. The lowest BCUT2D eigenvalue weighted by molar-refractivity contribution is 0.0512. The number of anilines is 3. The normalized spacial score (nSPS) is 17.9. The number of aromatic nitrogens is 2. The van der Waals surface area contributed by atoms with Gasteiger partial charge in [0.25, 0.3) is 0 Å². The number of nitrogens with zero attached hydrogens (tertiary/aromatic N) is 5. The molecule has 1 aromatic heterocycles. The Hall–Kier alpha value is -2.93. The Balaban J connectivity index is 1.48. The molecular weight excluding hydrogens is 441 g/mol. The number of piperidine rings is 1. The summed E-state index contributed by atoms with van der Waals surface area (Å²) in [7, 11) is 6.16. The first-order valence-corrected chi connectivity index (χ1v) is 12.7. The van der Waals surface area contributed by atoms with Crippen LogP contribution in [0.25, 0.3) is 10.9 Å². The van der Waals surface area contributed by atoms with Crippen LogP contribution in [0.5, 0.6) is 0 Å². The summed E-state index contributed by atoms with van der Waals surface area (Å²) < 4.78 is 15.4. The summed E-state index contributed by atoms with van der Waals surface area (Å²) in [6.45, 7) is 2.37. The van der Waals surface area contributed by atoms with E-state index in [1.54, 1.807) is 0 Å². The quantitative estimate of drug-likeness (QED) is 0.525. The summed E-state index contributed by atoms with van der Waals surface area (Å²) in [6.07, 6.45) is 3.93. The number of rotatable bonds is 7. The number of benzene rings is 2. The van der Waals surface area contributed by atoms with Gasteiger partial charge in [-0.25, -0.2) is 14.4 Å². The van der Waals surface area contributed by atoms with E-state index < -0.39 is 5.67 Å². The zero-order valence-electron chi connectivity index (χ0n) is 21.0. The number of para-hydroxylation sites is 1. The monoisotopic (exact) mass is 477 g/mol. The molecule has 0 unspecified atom stereocenters. The van der Waals surface area contributed by atoms with Crippen molar-refractivity contribution in [2.75, 3.05) is 62.1 Å². The van der Waals surface area contributed by atoms with Crippen LogP contribution in [0.4, 0.5) is 21.6 Å². The number of hydrogen-bond donors (Lipinski definition) is 1. The smallest absolute Gasteiger partial charge is 0.170 e. The lowest BCUT2D eigenvalue weighted by Crippen LogP contribution is -2.36. The Bertz CT molecular complexity index is 1190. The van der Waals surface area contributed by atoms with Crippen molar-refractivity contribution < 1.29 is 9.50 Å². The molecule has 5 rings (SSSR count). The Labute approximate surface area is 207 Å². The molecule has 3 aromatic rings. The van der Waals surface area contributed by atoms with Crippen molar-refractivity contribution in [3.05, 3.63) is 53.9 Å². The minimum absolute atomic E-state index is 0.0864. The van der Waals surface area contributed by atoms with Gasteiger partial charge in [0.2, 0.25) is 0 Å². The van der Waals surface area contributed by atoms with Gasteiger partial charge in [0.05, 0.1) is 12.1 Å². The predicted molar refractivity (Wildman–Crippen MR) is 141 cm³/mol. The van der Waals surface area contributed by atoms with Gasteiger partial charge in [0, 0.05) is 57.5 Å². The van der Waals surface area contributed by atoms with E-state index in [-0.39, 0.29) is 6.61 Å². The number of fused-ring (bicyclic) bond motifs is 1. The second kappa shape index (κ2) is 9.61. The maximum Gasteiger partial charge on any atom is 0.170 e. The van der Waals surface area contributed by atoms with Gasteiger partial charge in [-0.2, -0.15) is 0 Å². The highest BCUT2D eigenvalue weighted by atomic mass is 19.1. The van der Waals surface area contributed by atoms with Crippen LogP contribution in [0.2, 0.25) is 0 Å². The number of aliphatic hydroxyl groups is 1. The molecule has 2 aromatic carbocycles. The largest absolute Gasteiger partial charge is 0.395 e. The molecule has 0 spiro atoms. The molecular formula is C28H36FN5O. The average molecular weight is 478 g/mol. The molecule has 0 amide bonds. The van der Waals surface area contributed by atoms with Crippen LogP contribution in [0.3, 0.4) is 0 Å². The number of hydrogen-bond acceptors (Lipinski definition) is 6. The maximum atomic E-state index is 15.4. The van der Waals surface area contributed by atoms with Crippen LogP contribution < -0.4 is 14.7 Å². The zero-order chi connectivity index (χ0) is 24.6. The highest BCUT2D eigenvalue weighted by Crippen LogP contribution is 2.45. The first-order chi connectivity index (χ1) is 16.9. The molecule has 0 atom stereocenters. The third-order valence-corrected chi connectivity index (χ3v) is 7.74. The first-order valence-electron chi connectivity index (χ1n) is 12.7. The van der Waals surface area contributed by atoms with Gasteiger partial charge < -0.3 is 19.8 Å². The van der Waals surface area contributed by atoms with Crippen molar-refractivity contribution in [3.8, 4) is 0 Å². The molecule has 0 bridgehead atoms. The second-order valence-corrected chi connectivity index (χ2v) is 10.3. The minimum Gasteiger partial charge on any atom is -0.395 e. The molecule has 2 fully saturated rings. The van der Waals surface area contributed by atoms with Crippen molar-refractivity contribution >= 4 is 28.1 Å². The first kappa shape index (κ1) is 23.8. The van der Waals surface area contributed by atoms with E-state index >= 15 is 4.39 Å². The third kappa shape index (κ3) is 4.54. The summed E-state index contributed by atoms with van der Waals surface area (Å²) in [4.78, 5) is 16.1. The van der Waals surface area contributed by atoms with E-state index in [2.05, 4.69) is 59.2 Å². The Morgan fingerprint density at radius 3 is 2.46 bits per heavy atom. The molecule has 1 aliphatic heterocycles. The van der Waals surface area contributed by atoms with Gasteiger partial charge in [0.1, 0.15) is 5.82 Å². The molecule has 1 N–H and O–H groups in total. The van der Waals surface area contributed by atoms with Crippen molar-refractivity contribution in [3.63, 3.8) is 0 Å². The van der Waals surface area contributed by atoms with E-state index in [4.69, 9.17) is 4.98 Å². The van der Waals surface area contributed by atoms with Gasteiger partial charge in [-0.05, 0) is 67.9 Å². The third-order valence-electron chi connectivity index (χ3n) is 7.74. The Morgan fingerprint density at radius 2 is 1.80 bits per heavy atom. The van der Waals surface area contributed by atoms with E-state index in [0.29, 0.717) is 31.1 Å². The molecule has 0 radical (unpaired) electrons. The lowest BCUT2D eigenvalue weighted by Gasteiger charge is -2.37. The van der Waals surface area contributed by atoms with Crippen LogP contribution >= 0.6 is 0 Å². The zero-order valence-corrected chi connectivity index (χ0v) is 21.0. The fourth-order valence-corrected chi connectivity index (χ4v) is 5.41. The molecule has 1 saturated heterocycles. The van der Waals surface area contributed by atoms with E-state index in [9.17, 15) is 5.11 Å². The maximum absolute atomic E-state index is 15.4. The molecule has 35 heavy (non-hydrogen) atoms. The van der Waals surface area contributed by atoms with Crippen LogP contribution in [-0.4, -0.2) is 62.5 Å². The number of alkyl halides is 1. The lowest BCUT2D eigenvalue weighted by atomic mass is 9.81. The standard InChI is InChI=1S/C28H36FN5O/c1-32(2)25-8-5-4-7-22(25)20-11-15-34(16-12-20)26-23-19-21(33(3)17-18-35)9-10-24(23)30-27(31-26)28(29)13-6-14-28/h4-5,7-10,19-20,35H,6,11-18H2,1-3H3. The number of halogens is 1. The molecule has 186 valence electrons. The fourth-order valence-electron chi connectivity index (χ4n) is 5.41. The molecule has 7 heteroatoms. The number of aliphatic hydroxyl groups excluding tert-OH is 1. The molecule has 1 saturated carbocycles. The summed E-state index contributed by atoms with van der Waals surface area (Å²) in [5, 5.41) is 10.3. The highest BCUT2D eigenvalue weighted by molar-refractivity contribution is 5.92. The summed E-state index contributed by atoms with van der Waals surface area (Å²) in [6, 6.07) is 14.7. The van der Waals surface area contributed by atoms with Crippen LogP contribution in [0, 0.1) is 0 Å². The fraction of sp³-hybridized carbons (Fsp3) is 0.500. The van der Waals surface area contributed by atoms with Crippen LogP contribution in [-0.2, 0) is 5.67 Å². The van der Waals surface area contributed by atoms with Gasteiger partial charge >= 0.3 is 0 Å². The van der Waals surface area contributed by atoms with Gasteiger partial charge in [-0.15, -0.1) is 0 Å². The van der Waals surface area contributed by atoms with E-state index in [0.717, 1.165) is 54.8 Å². The van der Waals surface area contributed by atoms with Crippen molar-refractivity contribution in [1.82, 2.24) is 9.97 Å². The van der Waals surface area contributed by atoms with Crippen LogP contribution in [0.15, 0.2) is 42.5 Å². The van der Waals surface area contributed by atoms with Crippen LogP contribution in [0.1, 0.15) is 49.4 Å². The van der Waals surface area contributed by atoms with E-state index in [1.165, 1.54) is 11.3 Å². The summed E-state index contributed by atoms with van der Waals surface area (Å²) in [5.41, 5.74) is 3.06.